The van der Waals surface area contributed by atoms with E-state index in [4.69, 9.17) is 9.47 Å². The van der Waals surface area contributed by atoms with Gasteiger partial charge in [0.2, 0.25) is 0 Å². The SMILES string of the molecule is CCn1ccn(CCOCCCOC)c1=O. The highest BCUT2D eigenvalue weighted by molar-refractivity contribution is 4.80. The maximum absolute atomic E-state index is 11.6. The fourth-order valence-electron chi connectivity index (χ4n) is 1.43. The Labute approximate surface area is 95.6 Å². The maximum atomic E-state index is 11.6. The lowest BCUT2D eigenvalue weighted by molar-refractivity contribution is 0.0972. The zero-order valence-electron chi connectivity index (χ0n) is 10.0. The first-order chi connectivity index (χ1) is 7.79. The lowest BCUT2D eigenvalue weighted by Gasteiger charge is -2.04. The monoisotopic (exact) mass is 228 g/mol. The van der Waals surface area contributed by atoms with Gasteiger partial charge in [-0.2, -0.15) is 0 Å². The fraction of sp³-hybridized carbons (Fsp3) is 0.727. The van der Waals surface area contributed by atoms with Gasteiger partial charge in [0.1, 0.15) is 0 Å². The molecule has 0 aliphatic heterocycles. The van der Waals surface area contributed by atoms with E-state index >= 15 is 0 Å². The topological polar surface area (TPSA) is 45.4 Å². The number of rotatable bonds is 8. The van der Waals surface area contributed by atoms with Crippen LogP contribution in [0.15, 0.2) is 17.2 Å². The van der Waals surface area contributed by atoms with Gasteiger partial charge in [-0.15, -0.1) is 0 Å². The summed E-state index contributed by atoms with van der Waals surface area (Å²) in [6.45, 7) is 5.23. The van der Waals surface area contributed by atoms with Crippen LogP contribution < -0.4 is 5.69 Å². The minimum absolute atomic E-state index is 0.0305. The van der Waals surface area contributed by atoms with Gasteiger partial charge < -0.3 is 9.47 Å². The Bertz CT molecular complexity index is 343. The van der Waals surface area contributed by atoms with Crippen LogP contribution in [0.5, 0.6) is 0 Å². The van der Waals surface area contributed by atoms with Crippen LogP contribution in [0.1, 0.15) is 13.3 Å². The van der Waals surface area contributed by atoms with Crippen molar-refractivity contribution >= 4 is 0 Å². The molecule has 0 spiro atoms. The summed E-state index contributed by atoms with van der Waals surface area (Å²) < 4.78 is 13.6. The lowest BCUT2D eigenvalue weighted by Crippen LogP contribution is -2.25. The number of nitrogens with zero attached hydrogens (tertiary/aromatic N) is 2. The van der Waals surface area contributed by atoms with Crippen LogP contribution in [0.25, 0.3) is 0 Å². The zero-order valence-corrected chi connectivity index (χ0v) is 10.0. The highest BCUT2D eigenvalue weighted by atomic mass is 16.5. The van der Waals surface area contributed by atoms with Gasteiger partial charge >= 0.3 is 5.69 Å². The van der Waals surface area contributed by atoms with Crippen LogP contribution >= 0.6 is 0 Å². The van der Waals surface area contributed by atoms with Crippen molar-refractivity contribution in [3.8, 4) is 0 Å². The predicted molar refractivity (Wildman–Crippen MR) is 61.7 cm³/mol. The van der Waals surface area contributed by atoms with Crippen LogP contribution in [0.3, 0.4) is 0 Å². The zero-order chi connectivity index (χ0) is 11.8. The molecule has 5 heteroatoms. The molecule has 0 atom stereocenters. The first-order valence-corrected chi connectivity index (χ1v) is 5.61. The first kappa shape index (κ1) is 13.0. The summed E-state index contributed by atoms with van der Waals surface area (Å²) in [5.74, 6) is 0. The fourth-order valence-corrected chi connectivity index (χ4v) is 1.43. The van der Waals surface area contributed by atoms with Crippen molar-refractivity contribution < 1.29 is 9.47 Å². The van der Waals surface area contributed by atoms with E-state index in [1.807, 2.05) is 6.92 Å². The predicted octanol–water partition coefficient (Wildman–Crippen LogP) is 0.723. The number of hydrogen-bond acceptors (Lipinski definition) is 3. The largest absolute Gasteiger partial charge is 0.385 e. The highest BCUT2D eigenvalue weighted by Gasteiger charge is 2.00. The first-order valence-electron chi connectivity index (χ1n) is 5.61. The molecule has 0 N–H and O–H groups in total. The quantitative estimate of drug-likeness (QED) is 0.616. The van der Waals surface area contributed by atoms with Crippen molar-refractivity contribution in [1.82, 2.24) is 9.13 Å². The molecule has 0 fully saturated rings. The molecule has 0 radical (unpaired) electrons. The molecule has 0 aromatic carbocycles. The summed E-state index contributed by atoms with van der Waals surface area (Å²) in [5, 5.41) is 0. The smallest absolute Gasteiger partial charge is 0.328 e. The van der Waals surface area contributed by atoms with E-state index in [1.54, 1.807) is 28.6 Å². The molecule has 1 rings (SSSR count). The van der Waals surface area contributed by atoms with Gasteiger partial charge in [-0.25, -0.2) is 4.79 Å². The normalized spacial score (nSPS) is 10.9. The van der Waals surface area contributed by atoms with Gasteiger partial charge in [0, 0.05) is 39.3 Å². The number of ether oxygens (including phenoxy) is 2. The number of methoxy groups -OCH3 is 1. The van der Waals surface area contributed by atoms with Crippen molar-refractivity contribution in [2.24, 2.45) is 0 Å². The number of imidazole rings is 1. The second-order valence-electron chi connectivity index (χ2n) is 3.52. The van der Waals surface area contributed by atoms with Crippen molar-refractivity contribution in [2.75, 3.05) is 26.9 Å². The summed E-state index contributed by atoms with van der Waals surface area (Å²) in [6.07, 6.45) is 4.49. The Kier molecular flexibility index (Phi) is 5.88. The van der Waals surface area contributed by atoms with Crippen molar-refractivity contribution in [2.45, 2.75) is 26.4 Å². The molecule has 5 nitrogen and oxygen atoms in total. The third kappa shape index (κ3) is 3.83. The third-order valence-corrected chi connectivity index (χ3v) is 2.37. The van der Waals surface area contributed by atoms with Crippen molar-refractivity contribution in [3.63, 3.8) is 0 Å². The van der Waals surface area contributed by atoms with Crippen molar-refractivity contribution in [1.29, 1.82) is 0 Å². The van der Waals surface area contributed by atoms with Crippen molar-refractivity contribution in [3.05, 3.63) is 22.9 Å². The summed E-state index contributed by atoms with van der Waals surface area (Å²) >= 11 is 0. The second-order valence-corrected chi connectivity index (χ2v) is 3.52. The third-order valence-electron chi connectivity index (χ3n) is 2.37. The van der Waals surface area contributed by atoms with E-state index in [-0.39, 0.29) is 5.69 Å². The minimum Gasteiger partial charge on any atom is -0.385 e. The molecular formula is C11H20N2O3. The van der Waals surface area contributed by atoms with E-state index in [2.05, 4.69) is 0 Å². The minimum atomic E-state index is 0.0305. The molecule has 0 bridgehead atoms. The van der Waals surface area contributed by atoms with Crippen LogP contribution in [0.2, 0.25) is 0 Å². The molecule has 92 valence electrons. The lowest BCUT2D eigenvalue weighted by atomic mass is 10.5. The molecule has 16 heavy (non-hydrogen) atoms. The molecular weight excluding hydrogens is 208 g/mol. The molecule has 0 saturated heterocycles. The van der Waals surface area contributed by atoms with E-state index in [1.165, 1.54) is 0 Å². The van der Waals surface area contributed by atoms with Gasteiger partial charge in [0.05, 0.1) is 13.2 Å². The summed E-state index contributed by atoms with van der Waals surface area (Å²) in [5.41, 5.74) is 0.0305. The van der Waals surface area contributed by atoms with Crippen LogP contribution in [0, 0.1) is 0 Å². The van der Waals surface area contributed by atoms with E-state index in [0.29, 0.717) is 32.9 Å². The van der Waals surface area contributed by atoms with Crippen LogP contribution in [0.4, 0.5) is 0 Å². The summed E-state index contributed by atoms with van der Waals surface area (Å²) in [7, 11) is 1.67. The Morgan fingerprint density at radius 3 is 2.56 bits per heavy atom. The standard InChI is InChI=1S/C11H20N2O3/c1-3-12-5-6-13(11(12)14)7-10-16-9-4-8-15-2/h5-6H,3-4,7-10H2,1-2H3. The molecule has 1 heterocycles. The molecule has 1 aromatic rings. The van der Waals surface area contributed by atoms with Gasteiger partial charge in [-0.05, 0) is 13.3 Å². The van der Waals surface area contributed by atoms with Gasteiger partial charge in [0.25, 0.3) is 0 Å². The molecule has 0 amide bonds. The molecule has 0 unspecified atom stereocenters. The molecule has 0 aliphatic carbocycles. The Balaban J connectivity index is 2.22. The van der Waals surface area contributed by atoms with Gasteiger partial charge in [-0.3, -0.25) is 9.13 Å². The Hall–Kier alpha value is -1.07. The van der Waals surface area contributed by atoms with Gasteiger partial charge in [0.15, 0.2) is 0 Å². The van der Waals surface area contributed by atoms with Crippen LogP contribution in [-0.2, 0) is 22.6 Å². The summed E-state index contributed by atoms with van der Waals surface area (Å²) in [6, 6.07) is 0. The van der Waals surface area contributed by atoms with Gasteiger partial charge in [-0.1, -0.05) is 0 Å². The highest BCUT2D eigenvalue weighted by Crippen LogP contribution is 1.88. The van der Waals surface area contributed by atoms with E-state index < -0.39 is 0 Å². The average Bonchev–Trinajstić information content (AvgIpc) is 2.65. The van der Waals surface area contributed by atoms with Crippen LogP contribution in [-0.4, -0.2) is 36.1 Å². The molecule has 0 saturated carbocycles. The average molecular weight is 228 g/mol. The number of aromatic nitrogens is 2. The Morgan fingerprint density at radius 1 is 1.19 bits per heavy atom. The summed E-state index contributed by atoms with van der Waals surface area (Å²) in [4.78, 5) is 11.6. The second kappa shape index (κ2) is 7.24. The number of aryl methyl sites for hydroxylation is 1. The Morgan fingerprint density at radius 2 is 1.94 bits per heavy atom. The van der Waals surface area contributed by atoms with E-state index in [9.17, 15) is 4.79 Å². The molecule has 1 aromatic heterocycles. The van der Waals surface area contributed by atoms with E-state index in [0.717, 1.165) is 6.42 Å². The number of hydrogen-bond donors (Lipinski definition) is 0. The molecule has 0 aliphatic rings. The maximum Gasteiger partial charge on any atom is 0.328 e.